The van der Waals surface area contributed by atoms with Gasteiger partial charge in [0.05, 0.1) is 17.7 Å². The summed E-state index contributed by atoms with van der Waals surface area (Å²) in [4.78, 5) is 11.1. The van der Waals surface area contributed by atoms with Gasteiger partial charge in [0.25, 0.3) is 0 Å². The zero-order valence-electron chi connectivity index (χ0n) is 17.8. The van der Waals surface area contributed by atoms with Gasteiger partial charge in [-0.1, -0.05) is 55.1 Å². The number of alkyl halides is 6. The topological polar surface area (TPSA) is 26.3 Å². The lowest BCUT2D eigenvalue weighted by Gasteiger charge is -2.16. The molecule has 0 bridgehead atoms. The van der Waals surface area contributed by atoms with E-state index in [1.807, 2.05) is 12.1 Å². The van der Waals surface area contributed by atoms with Gasteiger partial charge < -0.3 is 4.74 Å². The van der Waals surface area contributed by atoms with Crippen LogP contribution in [0, 0.1) is 0 Å². The van der Waals surface area contributed by atoms with E-state index >= 15 is 0 Å². The summed E-state index contributed by atoms with van der Waals surface area (Å²) in [5.41, 5.74) is -0.563. The van der Waals surface area contributed by atoms with E-state index in [1.165, 1.54) is 6.07 Å². The van der Waals surface area contributed by atoms with Crippen LogP contribution >= 0.6 is 0 Å². The third-order valence-corrected chi connectivity index (χ3v) is 5.11. The average molecular weight is 478 g/mol. The summed E-state index contributed by atoms with van der Waals surface area (Å²) in [6.45, 7) is 3.54. The van der Waals surface area contributed by atoms with Crippen molar-refractivity contribution in [2.24, 2.45) is 0 Å². The molecule has 0 aliphatic rings. The molecule has 3 rings (SSSR count). The Labute approximate surface area is 192 Å². The normalized spacial score (nSPS) is 11.8. The molecule has 0 saturated carbocycles. The van der Waals surface area contributed by atoms with E-state index in [9.17, 15) is 31.1 Å². The first-order valence-electron chi connectivity index (χ1n) is 10.3. The molecule has 3 aromatic rings. The van der Waals surface area contributed by atoms with Crippen molar-refractivity contribution in [3.63, 3.8) is 0 Å². The van der Waals surface area contributed by atoms with Crippen molar-refractivity contribution < 1.29 is 35.9 Å². The molecule has 0 spiro atoms. The van der Waals surface area contributed by atoms with Crippen molar-refractivity contribution >= 4 is 5.97 Å². The van der Waals surface area contributed by atoms with Crippen molar-refractivity contribution in [1.29, 1.82) is 0 Å². The number of hydrogen-bond acceptors (Lipinski definition) is 2. The Morgan fingerprint density at radius 3 is 1.82 bits per heavy atom. The van der Waals surface area contributed by atoms with Gasteiger partial charge in [0.2, 0.25) is 0 Å². The molecule has 0 aromatic heterocycles. The number of carbonyl (C=O) groups excluding carboxylic acids is 1. The van der Waals surface area contributed by atoms with Crippen LogP contribution in [0.3, 0.4) is 0 Å². The molecular weight excluding hydrogens is 458 g/mol. The number of carbonyl (C=O) groups is 1. The smallest absolute Gasteiger partial charge is 0.416 e. The Morgan fingerprint density at radius 2 is 1.32 bits per heavy atom. The van der Waals surface area contributed by atoms with Gasteiger partial charge >= 0.3 is 18.3 Å². The largest absolute Gasteiger partial charge is 0.463 e. The SMILES string of the molecule is C=CC(=O)OCCCc1ccc(-c2ccccc2-c2cc(C(F)(F)F)cc(C(F)(F)F)c2)cc1. The fraction of sp³-hybridized carbons (Fsp3) is 0.192. The molecule has 0 unspecified atom stereocenters. The number of esters is 1. The van der Waals surface area contributed by atoms with Crippen molar-refractivity contribution in [1.82, 2.24) is 0 Å². The summed E-state index contributed by atoms with van der Waals surface area (Å²) in [5, 5.41) is 0. The Bertz CT molecular complexity index is 1130. The summed E-state index contributed by atoms with van der Waals surface area (Å²) in [6, 6.07) is 15.1. The second-order valence-electron chi connectivity index (χ2n) is 7.51. The van der Waals surface area contributed by atoms with Gasteiger partial charge in [0.1, 0.15) is 0 Å². The maximum Gasteiger partial charge on any atom is 0.416 e. The fourth-order valence-corrected chi connectivity index (χ4v) is 3.46. The van der Waals surface area contributed by atoms with Crippen molar-refractivity contribution in [2.75, 3.05) is 6.61 Å². The van der Waals surface area contributed by atoms with Gasteiger partial charge in [-0.05, 0) is 58.9 Å². The zero-order valence-corrected chi connectivity index (χ0v) is 17.8. The van der Waals surface area contributed by atoms with Crippen LogP contribution in [0.4, 0.5) is 26.3 Å². The molecule has 0 heterocycles. The standard InChI is InChI=1S/C26H20F6O2/c1-2-24(33)34-13-5-6-17-9-11-18(12-10-17)22-7-3-4-8-23(22)19-14-20(25(27,28)29)16-21(15-19)26(30,31)32/h2-4,7-12,14-16H,1,5-6,13H2. The fourth-order valence-electron chi connectivity index (χ4n) is 3.46. The number of rotatable bonds is 7. The second-order valence-corrected chi connectivity index (χ2v) is 7.51. The second kappa shape index (κ2) is 10.2. The number of hydrogen-bond donors (Lipinski definition) is 0. The molecule has 0 aliphatic carbocycles. The Balaban J connectivity index is 1.92. The van der Waals surface area contributed by atoms with E-state index in [2.05, 4.69) is 6.58 Å². The monoisotopic (exact) mass is 478 g/mol. The van der Waals surface area contributed by atoms with Crippen LogP contribution < -0.4 is 0 Å². The molecule has 0 amide bonds. The van der Waals surface area contributed by atoms with E-state index < -0.39 is 29.4 Å². The predicted octanol–water partition coefficient (Wildman–Crippen LogP) is 7.72. The quantitative estimate of drug-likeness (QED) is 0.150. The van der Waals surface area contributed by atoms with E-state index in [0.29, 0.717) is 24.0 Å². The molecule has 0 radical (unpaired) electrons. The lowest BCUT2D eigenvalue weighted by atomic mass is 9.91. The van der Waals surface area contributed by atoms with Gasteiger partial charge in [-0.25, -0.2) is 4.79 Å². The van der Waals surface area contributed by atoms with Crippen LogP contribution in [0.5, 0.6) is 0 Å². The molecule has 0 N–H and O–H groups in total. The first-order chi connectivity index (χ1) is 16.0. The van der Waals surface area contributed by atoms with Crippen LogP contribution in [0.25, 0.3) is 22.3 Å². The van der Waals surface area contributed by atoms with E-state index in [0.717, 1.165) is 23.8 Å². The number of ether oxygens (including phenoxy) is 1. The third-order valence-electron chi connectivity index (χ3n) is 5.11. The molecule has 34 heavy (non-hydrogen) atoms. The van der Waals surface area contributed by atoms with E-state index in [-0.39, 0.29) is 23.8 Å². The minimum Gasteiger partial charge on any atom is -0.463 e. The molecular formula is C26H20F6O2. The molecule has 0 aliphatic heterocycles. The molecule has 0 fully saturated rings. The highest BCUT2D eigenvalue weighted by Crippen LogP contribution is 2.40. The van der Waals surface area contributed by atoms with Crippen LogP contribution in [-0.4, -0.2) is 12.6 Å². The maximum atomic E-state index is 13.3. The minimum atomic E-state index is -4.92. The van der Waals surface area contributed by atoms with Crippen LogP contribution in [0.1, 0.15) is 23.1 Å². The van der Waals surface area contributed by atoms with Gasteiger partial charge in [-0.15, -0.1) is 0 Å². The molecule has 178 valence electrons. The van der Waals surface area contributed by atoms with E-state index in [1.54, 1.807) is 30.3 Å². The van der Waals surface area contributed by atoms with Gasteiger partial charge in [-0.3, -0.25) is 0 Å². The van der Waals surface area contributed by atoms with Crippen molar-refractivity contribution in [3.8, 4) is 22.3 Å². The van der Waals surface area contributed by atoms with Crippen LogP contribution in [-0.2, 0) is 28.3 Å². The predicted molar refractivity (Wildman–Crippen MR) is 117 cm³/mol. The van der Waals surface area contributed by atoms with Crippen LogP contribution in [0.2, 0.25) is 0 Å². The lowest BCUT2D eigenvalue weighted by Crippen LogP contribution is -2.11. The third kappa shape index (κ3) is 6.27. The summed E-state index contributed by atoms with van der Waals surface area (Å²) >= 11 is 0. The first kappa shape index (κ1) is 25.1. The number of halogens is 6. The number of benzene rings is 3. The zero-order chi connectivity index (χ0) is 24.9. The first-order valence-corrected chi connectivity index (χ1v) is 10.3. The maximum absolute atomic E-state index is 13.3. The number of aryl methyl sites for hydroxylation is 1. The molecule has 3 aromatic carbocycles. The van der Waals surface area contributed by atoms with Crippen molar-refractivity contribution in [2.45, 2.75) is 25.2 Å². The summed E-state index contributed by atoms with van der Waals surface area (Å²) in [7, 11) is 0. The van der Waals surface area contributed by atoms with Gasteiger partial charge in [0.15, 0.2) is 0 Å². The Morgan fingerprint density at radius 1 is 0.794 bits per heavy atom. The highest BCUT2D eigenvalue weighted by atomic mass is 19.4. The lowest BCUT2D eigenvalue weighted by molar-refractivity contribution is -0.143. The van der Waals surface area contributed by atoms with Crippen molar-refractivity contribution in [3.05, 3.63) is 96.1 Å². The van der Waals surface area contributed by atoms with Gasteiger partial charge in [0, 0.05) is 6.08 Å². The Hall–Kier alpha value is -3.55. The summed E-state index contributed by atoms with van der Waals surface area (Å²) in [5.74, 6) is -0.504. The molecule has 8 heteroatoms. The highest BCUT2D eigenvalue weighted by Gasteiger charge is 2.37. The average Bonchev–Trinajstić information content (AvgIpc) is 2.80. The van der Waals surface area contributed by atoms with E-state index in [4.69, 9.17) is 4.74 Å². The summed E-state index contributed by atoms with van der Waals surface area (Å²) in [6.07, 6.45) is -7.57. The highest BCUT2D eigenvalue weighted by molar-refractivity contribution is 5.84. The van der Waals surface area contributed by atoms with Gasteiger partial charge in [-0.2, -0.15) is 26.3 Å². The Kier molecular flexibility index (Phi) is 7.49. The molecule has 0 saturated heterocycles. The minimum absolute atomic E-state index is 0.118. The summed E-state index contributed by atoms with van der Waals surface area (Å²) < 4.78 is 84.8. The van der Waals surface area contributed by atoms with Crippen LogP contribution in [0.15, 0.2) is 79.4 Å². The molecule has 0 atom stereocenters. The molecule has 2 nitrogen and oxygen atoms in total.